The van der Waals surface area contributed by atoms with Crippen molar-refractivity contribution >= 4 is 23.4 Å². The van der Waals surface area contributed by atoms with Crippen molar-refractivity contribution in [3.05, 3.63) is 82.1 Å². The largest absolute Gasteiger partial charge is 0.482 e. The summed E-state index contributed by atoms with van der Waals surface area (Å²) in [6, 6.07) is 14.0. The number of methoxy groups -OCH3 is 1. The van der Waals surface area contributed by atoms with E-state index in [1.54, 1.807) is 43.3 Å². The van der Waals surface area contributed by atoms with Gasteiger partial charge in [0.2, 0.25) is 0 Å². The molecule has 0 unspecified atom stereocenters. The van der Waals surface area contributed by atoms with E-state index >= 15 is 0 Å². The lowest BCUT2D eigenvalue weighted by atomic mass is 9.79. The van der Waals surface area contributed by atoms with Crippen LogP contribution in [0.2, 0.25) is 0 Å². The Morgan fingerprint density at radius 3 is 2.43 bits per heavy atom. The first kappa shape index (κ1) is 19.4. The molecule has 0 bridgehead atoms. The first-order chi connectivity index (χ1) is 14.4. The van der Waals surface area contributed by atoms with Gasteiger partial charge in [0.15, 0.2) is 12.4 Å². The van der Waals surface area contributed by atoms with E-state index in [9.17, 15) is 14.4 Å². The molecule has 4 rings (SSSR count). The zero-order valence-corrected chi connectivity index (χ0v) is 16.4. The second-order valence-corrected chi connectivity index (χ2v) is 6.97. The van der Waals surface area contributed by atoms with Crippen molar-refractivity contribution < 1.29 is 29.0 Å². The number of para-hydroxylation sites is 1. The molecule has 2 N–H and O–H groups in total. The third-order valence-corrected chi connectivity index (χ3v) is 5.24. The number of carbonyl (C=O) groups is 3. The van der Waals surface area contributed by atoms with Gasteiger partial charge in [0.1, 0.15) is 5.75 Å². The number of allylic oxidation sites excluding steroid dienone is 2. The van der Waals surface area contributed by atoms with Gasteiger partial charge in [-0.2, -0.15) is 0 Å². The Morgan fingerprint density at radius 2 is 1.73 bits per heavy atom. The average Bonchev–Trinajstić information content (AvgIpc) is 3.03. The van der Waals surface area contributed by atoms with Gasteiger partial charge in [-0.05, 0) is 13.0 Å². The number of carboxylic acids is 1. The number of Topliss-reactive ketones (excluding diaryl/α,β-unsaturated/α-hetero) is 1. The van der Waals surface area contributed by atoms with Crippen molar-refractivity contribution in [1.29, 1.82) is 0 Å². The van der Waals surface area contributed by atoms with Crippen molar-refractivity contribution in [1.82, 2.24) is 5.32 Å². The molecule has 0 amide bonds. The number of carbonyl (C=O) groups excluding carboxylic acids is 2. The van der Waals surface area contributed by atoms with Crippen LogP contribution in [-0.4, -0.2) is 36.5 Å². The first-order valence-corrected chi connectivity index (χ1v) is 9.32. The zero-order chi connectivity index (χ0) is 21.4. The molecule has 152 valence electrons. The summed E-state index contributed by atoms with van der Waals surface area (Å²) in [7, 11) is 1.28. The van der Waals surface area contributed by atoms with Gasteiger partial charge in [-0.15, -0.1) is 0 Å². The quantitative estimate of drug-likeness (QED) is 0.738. The molecule has 0 aromatic heterocycles. The van der Waals surface area contributed by atoms with Gasteiger partial charge in [0, 0.05) is 28.0 Å². The molecule has 7 heteroatoms. The molecule has 0 fully saturated rings. The summed E-state index contributed by atoms with van der Waals surface area (Å²) in [5.74, 6) is -2.37. The topological polar surface area (TPSA) is 102 Å². The molecule has 2 aromatic rings. The van der Waals surface area contributed by atoms with E-state index in [2.05, 4.69) is 5.32 Å². The maximum atomic E-state index is 13.3. The number of nitrogens with one attached hydrogen (secondary N) is 1. The predicted molar refractivity (Wildman–Crippen MR) is 108 cm³/mol. The Morgan fingerprint density at radius 1 is 1.07 bits per heavy atom. The fourth-order valence-corrected chi connectivity index (χ4v) is 4.01. The summed E-state index contributed by atoms with van der Waals surface area (Å²) >= 11 is 0. The molecule has 0 saturated carbocycles. The molecule has 1 aliphatic carbocycles. The van der Waals surface area contributed by atoms with E-state index in [1.165, 1.54) is 7.11 Å². The number of carboxylic acid groups (broad SMARTS) is 1. The molecule has 7 nitrogen and oxygen atoms in total. The molecular weight excluding hydrogens is 386 g/mol. The third-order valence-electron chi connectivity index (χ3n) is 5.24. The number of hydrogen-bond donors (Lipinski definition) is 2. The van der Waals surface area contributed by atoms with Crippen LogP contribution in [0.3, 0.4) is 0 Å². The predicted octanol–water partition coefficient (Wildman–Crippen LogP) is 2.89. The van der Waals surface area contributed by atoms with Crippen LogP contribution in [0.15, 0.2) is 65.4 Å². The van der Waals surface area contributed by atoms with Crippen molar-refractivity contribution in [2.75, 3.05) is 13.7 Å². The van der Waals surface area contributed by atoms with Crippen LogP contribution in [-0.2, 0) is 14.3 Å². The van der Waals surface area contributed by atoms with Crippen molar-refractivity contribution in [3.8, 4) is 5.75 Å². The van der Waals surface area contributed by atoms with Gasteiger partial charge in [0.25, 0.3) is 0 Å². The first-order valence-electron chi connectivity index (χ1n) is 9.32. The van der Waals surface area contributed by atoms with E-state index in [0.717, 1.165) is 5.56 Å². The lowest BCUT2D eigenvalue weighted by Gasteiger charge is -2.29. The highest BCUT2D eigenvalue weighted by Gasteiger charge is 2.43. The lowest BCUT2D eigenvalue weighted by Crippen LogP contribution is -2.29. The van der Waals surface area contributed by atoms with Gasteiger partial charge >= 0.3 is 11.9 Å². The Balaban J connectivity index is 1.93. The lowest BCUT2D eigenvalue weighted by molar-refractivity contribution is -0.139. The Hall–Kier alpha value is -3.87. The fourth-order valence-electron chi connectivity index (χ4n) is 4.01. The van der Waals surface area contributed by atoms with Crippen LogP contribution in [0.25, 0.3) is 5.70 Å². The van der Waals surface area contributed by atoms with Gasteiger partial charge < -0.3 is 19.9 Å². The van der Waals surface area contributed by atoms with Crippen molar-refractivity contribution in [2.24, 2.45) is 0 Å². The molecule has 1 atom stereocenters. The standard InChI is InChI=1S/C23H19NO6/c1-12-18(23(28)29-2)19(15-9-5-6-10-16(15)30-11-17(25)26)20-21(24-12)13-7-3-4-8-14(13)22(20)27/h3-10,19,24H,11H2,1-2H3,(H,25,26)/t19-/m1/s1. The van der Waals surface area contributed by atoms with E-state index < -0.39 is 24.5 Å². The second-order valence-electron chi connectivity index (χ2n) is 6.97. The molecule has 0 saturated heterocycles. The maximum Gasteiger partial charge on any atom is 0.341 e. The highest BCUT2D eigenvalue weighted by atomic mass is 16.5. The Labute approximate surface area is 172 Å². The molecule has 0 spiro atoms. The number of aliphatic carboxylic acids is 1. The van der Waals surface area contributed by atoms with E-state index in [4.69, 9.17) is 14.6 Å². The van der Waals surface area contributed by atoms with Gasteiger partial charge in [-0.1, -0.05) is 42.5 Å². The third kappa shape index (κ3) is 3.04. The number of dihydropyridines is 1. The molecule has 1 heterocycles. The number of ether oxygens (including phenoxy) is 2. The molecular formula is C23H19NO6. The van der Waals surface area contributed by atoms with E-state index in [0.29, 0.717) is 28.1 Å². The van der Waals surface area contributed by atoms with E-state index in [-0.39, 0.29) is 17.1 Å². The Bertz CT molecular complexity index is 1140. The normalized spacial score (nSPS) is 17.3. The van der Waals surface area contributed by atoms with Crippen molar-refractivity contribution in [2.45, 2.75) is 12.8 Å². The highest BCUT2D eigenvalue weighted by molar-refractivity contribution is 6.23. The second kappa shape index (κ2) is 7.51. The smallest absolute Gasteiger partial charge is 0.341 e. The number of esters is 1. The Kier molecular flexibility index (Phi) is 4.87. The number of ketones is 1. The van der Waals surface area contributed by atoms with Gasteiger partial charge in [-0.25, -0.2) is 9.59 Å². The number of fused-ring (bicyclic) bond motifs is 2. The molecule has 2 aliphatic rings. The van der Waals surface area contributed by atoms with E-state index in [1.807, 2.05) is 12.1 Å². The molecule has 30 heavy (non-hydrogen) atoms. The minimum absolute atomic E-state index is 0.194. The van der Waals surface area contributed by atoms with Crippen LogP contribution in [0, 0.1) is 0 Å². The van der Waals surface area contributed by atoms with Gasteiger partial charge in [0.05, 0.1) is 24.3 Å². The minimum Gasteiger partial charge on any atom is -0.482 e. The summed E-state index contributed by atoms with van der Waals surface area (Å²) in [4.78, 5) is 37.1. The summed E-state index contributed by atoms with van der Waals surface area (Å²) in [5.41, 5.74) is 3.71. The number of hydrogen-bond acceptors (Lipinski definition) is 6. The fraction of sp³-hybridized carbons (Fsp3) is 0.174. The summed E-state index contributed by atoms with van der Waals surface area (Å²) in [6.45, 7) is 1.20. The molecule has 2 aromatic carbocycles. The van der Waals surface area contributed by atoms with Crippen LogP contribution in [0.5, 0.6) is 5.75 Å². The highest BCUT2D eigenvalue weighted by Crippen LogP contribution is 2.48. The van der Waals surface area contributed by atoms with Crippen molar-refractivity contribution in [3.63, 3.8) is 0 Å². The molecule has 0 radical (unpaired) electrons. The number of rotatable bonds is 5. The maximum absolute atomic E-state index is 13.3. The summed E-state index contributed by atoms with van der Waals surface area (Å²) in [5, 5.41) is 12.2. The summed E-state index contributed by atoms with van der Waals surface area (Å²) in [6.07, 6.45) is 0. The summed E-state index contributed by atoms with van der Waals surface area (Å²) < 4.78 is 10.5. The van der Waals surface area contributed by atoms with Crippen LogP contribution in [0.1, 0.15) is 34.3 Å². The van der Waals surface area contributed by atoms with Crippen LogP contribution in [0.4, 0.5) is 0 Å². The van der Waals surface area contributed by atoms with Crippen LogP contribution >= 0.6 is 0 Å². The average molecular weight is 405 g/mol. The number of benzene rings is 2. The van der Waals surface area contributed by atoms with Gasteiger partial charge in [-0.3, -0.25) is 4.79 Å². The monoisotopic (exact) mass is 405 g/mol. The minimum atomic E-state index is -1.13. The van der Waals surface area contributed by atoms with Crippen LogP contribution < -0.4 is 10.1 Å². The zero-order valence-electron chi connectivity index (χ0n) is 16.4. The SMILES string of the molecule is COC(=O)C1=C(C)NC2=C(C(=O)c3ccccc32)[C@@H]1c1ccccc1OCC(=O)O. The molecule has 1 aliphatic heterocycles.